The molecule has 0 bridgehead atoms. The third-order valence-corrected chi connectivity index (χ3v) is 4.79. The predicted molar refractivity (Wildman–Crippen MR) is 114 cm³/mol. The first-order valence-corrected chi connectivity index (χ1v) is 9.21. The molecule has 2 aromatic heterocycles. The summed E-state index contributed by atoms with van der Waals surface area (Å²) in [7, 11) is 0. The quantitative estimate of drug-likeness (QED) is 0.389. The Morgan fingerprint density at radius 3 is 2.60 bits per heavy atom. The molecule has 2 N–H and O–H groups in total. The van der Waals surface area contributed by atoms with Crippen LogP contribution in [0.4, 0.5) is 5.69 Å². The number of aromatic hydroxyl groups is 1. The number of aromatic nitrogens is 3. The van der Waals surface area contributed by atoms with E-state index in [1.54, 1.807) is 6.08 Å². The maximum Gasteiger partial charge on any atom is 0.395 e. The van der Waals surface area contributed by atoms with Crippen LogP contribution in [0.3, 0.4) is 0 Å². The molecule has 0 aliphatic carbocycles. The Bertz CT molecular complexity index is 1330. The van der Waals surface area contributed by atoms with E-state index >= 15 is 0 Å². The van der Waals surface area contributed by atoms with E-state index in [9.17, 15) is 20.0 Å². The van der Waals surface area contributed by atoms with Crippen LogP contribution in [0.25, 0.3) is 23.1 Å². The fourth-order valence-electron chi connectivity index (χ4n) is 3.31. The first kappa shape index (κ1) is 19.1. The standard InChI is InChI=1S/C22H18N4O4/c1-14-6-8-15(9-7-14)12-25-13-16(17-4-2-3-5-18(17)25)10-11-19-23-21(27)20(26(29)30)22(28)24-19/h2-11,13H,12H2,1H3,(H2,23,24,27,28). The van der Waals surface area contributed by atoms with Gasteiger partial charge in [0.25, 0.3) is 5.88 Å². The second-order valence-corrected chi connectivity index (χ2v) is 6.93. The maximum absolute atomic E-state index is 11.8. The van der Waals surface area contributed by atoms with Gasteiger partial charge in [-0.15, -0.1) is 0 Å². The molecule has 0 radical (unpaired) electrons. The van der Waals surface area contributed by atoms with Gasteiger partial charge in [0.2, 0.25) is 0 Å². The van der Waals surface area contributed by atoms with Crippen LogP contribution in [-0.4, -0.2) is 24.6 Å². The van der Waals surface area contributed by atoms with Crippen molar-refractivity contribution in [2.75, 3.05) is 0 Å². The van der Waals surface area contributed by atoms with E-state index in [1.807, 2.05) is 37.4 Å². The Hall–Kier alpha value is -4.20. The van der Waals surface area contributed by atoms with Gasteiger partial charge in [-0.3, -0.25) is 14.9 Å². The summed E-state index contributed by atoms with van der Waals surface area (Å²) in [5.41, 5.74) is 2.33. The molecule has 30 heavy (non-hydrogen) atoms. The van der Waals surface area contributed by atoms with Crippen LogP contribution >= 0.6 is 0 Å². The van der Waals surface area contributed by atoms with Gasteiger partial charge in [0.15, 0.2) is 0 Å². The number of aromatic amines is 1. The lowest BCUT2D eigenvalue weighted by atomic mass is 10.1. The molecule has 8 nitrogen and oxygen atoms in total. The average molecular weight is 402 g/mol. The van der Waals surface area contributed by atoms with Crippen molar-refractivity contribution in [1.29, 1.82) is 0 Å². The van der Waals surface area contributed by atoms with Crippen molar-refractivity contribution in [3.05, 3.63) is 97.7 Å². The number of rotatable bonds is 5. The van der Waals surface area contributed by atoms with E-state index in [0.717, 1.165) is 16.5 Å². The monoisotopic (exact) mass is 402 g/mol. The molecule has 0 saturated heterocycles. The minimum Gasteiger partial charge on any atom is -0.488 e. The normalized spacial score (nSPS) is 11.4. The highest BCUT2D eigenvalue weighted by atomic mass is 16.6. The minimum absolute atomic E-state index is 0.0264. The van der Waals surface area contributed by atoms with Gasteiger partial charge >= 0.3 is 11.2 Å². The van der Waals surface area contributed by atoms with E-state index in [2.05, 4.69) is 38.8 Å². The van der Waals surface area contributed by atoms with Gasteiger partial charge in [-0.25, -0.2) is 0 Å². The SMILES string of the molecule is Cc1ccc(Cn2cc(C=Cc3nc(O)c([N+](=O)[O-])c(=O)[nH]3)c3ccccc32)cc1. The van der Waals surface area contributed by atoms with Gasteiger partial charge in [-0.2, -0.15) is 4.98 Å². The number of benzene rings is 2. The Labute approximate surface area is 170 Å². The van der Waals surface area contributed by atoms with Crippen LogP contribution in [-0.2, 0) is 6.54 Å². The van der Waals surface area contributed by atoms with E-state index < -0.39 is 22.0 Å². The topological polar surface area (TPSA) is 114 Å². The molecule has 2 aromatic carbocycles. The third-order valence-electron chi connectivity index (χ3n) is 4.79. The summed E-state index contributed by atoms with van der Waals surface area (Å²) in [6.45, 7) is 2.74. The molecule has 0 atom stereocenters. The summed E-state index contributed by atoms with van der Waals surface area (Å²) in [6, 6.07) is 16.3. The van der Waals surface area contributed by atoms with Crippen LogP contribution in [0, 0.1) is 17.0 Å². The number of para-hydroxylation sites is 1. The van der Waals surface area contributed by atoms with E-state index in [0.29, 0.717) is 6.54 Å². The Morgan fingerprint density at radius 1 is 1.17 bits per heavy atom. The Kier molecular flexibility index (Phi) is 4.89. The van der Waals surface area contributed by atoms with Gasteiger partial charge in [0.05, 0.1) is 4.92 Å². The highest BCUT2D eigenvalue weighted by Crippen LogP contribution is 2.24. The number of nitrogens with zero attached hydrogens (tertiary/aromatic N) is 3. The summed E-state index contributed by atoms with van der Waals surface area (Å²) >= 11 is 0. The maximum atomic E-state index is 11.8. The summed E-state index contributed by atoms with van der Waals surface area (Å²) in [4.78, 5) is 27.7. The van der Waals surface area contributed by atoms with Crippen molar-refractivity contribution in [1.82, 2.24) is 14.5 Å². The molecule has 4 rings (SSSR count). The largest absolute Gasteiger partial charge is 0.488 e. The minimum atomic E-state index is -1.01. The first-order chi connectivity index (χ1) is 14.4. The predicted octanol–water partition coefficient (Wildman–Crippen LogP) is 3.87. The van der Waals surface area contributed by atoms with Gasteiger partial charge in [-0.05, 0) is 30.7 Å². The van der Waals surface area contributed by atoms with Crippen molar-refractivity contribution in [2.24, 2.45) is 0 Å². The number of fused-ring (bicyclic) bond motifs is 1. The zero-order valence-corrected chi connectivity index (χ0v) is 16.1. The van der Waals surface area contributed by atoms with E-state index in [1.165, 1.54) is 17.2 Å². The van der Waals surface area contributed by atoms with Crippen LogP contribution in [0.15, 0.2) is 59.5 Å². The van der Waals surface area contributed by atoms with Crippen LogP contribution in [0.1, 0.15) is 22.5 Å². The number of aryl methyl sites for hydroxylation is 1. The average Bonchev–Trinajstić information content (AvgIpc) is 3.05. The lowest BCUT2D eigenvalue weighted by molar-refractivity contribution is -0.387. The summed E-state index contributed by atoms with van der Waals surface area (Å²) in [6.07, 6.45) is 5.24. The molecule has 4 aromatic rings. The molecule has 0 unspecified atom stereocenters. The molecule has 0 amide bonds. The molecule has 150 valence electrons. The highest BCUT2D eigenvalue weighted by Gasteiger charge is 2.21. The molecule has 2 heterocycles. The third kappa shape index (κ3) is 3.70. The highest BCUT2D eigenvalue weighted by molar-refractivity contribution is 5.91. The number of hydrogen-bond donors (Lipinski definition) is 2. The van der Waals surface area contributed by atoms with Crippen LogP contribution in [0.5, 0.6) is 5.88 Å². The molecule has 0 aliphatic rings. The fraction of sp³-hybridized carbons (Fsp3) is 0.0909. The lowest BCUT2D eigenvalue weighted by Gasteiger charge is -2.06. The number of H-pyrrole nitrogens is 1. The van der Waals surface area contributed by atoms with Crippen LogP contribution in [0.2, 0.25) is 0 Å². The van der Waals surface area contributed by atoms with Crippen molar-refractivity contribution in [3.8, 4) is 5.88 Å². The first-order valence-electron chi connectivity index (χ1n) is 9.21. The number of hydrogen-bond acceptors (Lipinski definition) is 5. The van der Waals surface area contributed by atoms with E-state index in [4.69, 9.17) is 0 Å². The number of nitrogens with one attached hydrogen (secondary N) is 1. The molecular weight excluding hydrogens is 384 g/mol. The van der Waals surface area contributed by atoms with Gasteiger partial charge < -0.3 is 14.7 Å². The molecule has 0 aliphatic heterocycles. The summed E-state index contributed by atoms with van der Waals surface area (Å²) in [5, 5.41) is 21.5. The smallest absolute Gasteiger partial charge is 0.395 e. The Balaban J connectivity index is 1.70. The van der Waals surface area contributed by atoms with E-state index in [-0.39, 0.29) is 5.82 Å². The zero-order chi connectivity index (χ0) is 21.3. The van der Waals surface area contributed by atoms with Crippen molar-refractivity contribution in [2.45, 2.75) is 13.5 Å². The van der Waals surface area contributed by atoms with Gasteiger partial charge in [0, 0.05) is 29.2 Å². The van der Waals surface area contributed by atoms with Crippen molar-refractivity contribution in [3.63, 3.8) is 0 Å². The molecule has 0 fully saturated rings. The van der Waals surface area contributed by atoms with Crippen LogP contribution < -0.4 is 5.56 Å². The van der Waals surface area contributed by atoms with Crippen molar-refractivity contribution >= 4 is 28.7 Å². The zero-order valence-electron chi connectivity index (χ0n) is 16.1. The molecular formula is C22H18N4O4. The molecule has 0 spiro atoms. The van der Waals surface area contributed by atoms with Gasteiger partial charge in [0.1, 0.15) is 5.82 Å². The van der Waals surface area contributed by atoms with Gasteiger partial charge in [-0.1, -0.05) is 48.0 Å². The second-order valence-electron chi connectivity index (χ2n) is 6.93. The molecule has 8 heteroatoms. The second kappa shape index (κ2) is 7.67. The molecule has 0 saturated carbocycles. The summed E-state index contributed by atoms with van der Waals surface area (Å²) in [5.74, 6) is -0.885. The fourth-order valence-corrected chi connectivity index (χ4v) is 3.31. The number of nitro groups is 1. The van der Waals surface area contributed by atoms with Crippen molar-refractivity contribution < 1.29 is 10.0 Å². The Morgan fingerprint density at radius 2 is 1.90 bits per heavy atom. The summed E-state index contributed by atoms with van der Waals surface area (Å²) < 4.78 is 2.13. The lowest BCUT2D eigenvalue weighted by Crippen LogP contribution is -2.14.